The first-order valence-electron chi connectivity index (χ1n) is 7.10. The zero-order valence-corrected chi connectivity index (χ0v) is 14.0. The second-order valence-electron chi connectivity index (χ2n) is 5.24. The van der Waals surface area contributed by atoms with Crippen molar-refractivity contribution >= 4 is 17.3 Å². The Bertz CT molecular complexity index is 988. The van der Waals surface area contributed by atoms with Crippen LogP contribution >= 0.6 is 11.6 Å². The summed E-state index contributed by atoms with van der Waals surface area (Å²) in [6, 6.07) is 2.80. The third-order valence-corrected chi connectivity index (χ3v) is 3.75. The molecule has 130 valence electrons. The summed E-state index contributed by atoms with van der Waals surface area (Å²) in [7, 11) is 1.66. The molecule has 7 nitrogen and oxygen atoms in total. The van der Waals surface area contributed by atoms with E-state index in [0.717, 1.165) is 16.8 Å². The molecule has 0 atom stereocenters. The Morgan fingerprint density at radius 3 is 2.76 bits per heavy atom. The molecule has 0 aliphatic heterocycles. The third-order valence-electron chi connectivity index (χ3n) is 3.40. The van der Waals surface area contributed by atoms with E-state index in [1.165, 1.54) is 6.20 Å². The highest BCUT2D eigenvalue weighted by molar-refractivity contribution is 6.33. The molecule has 0 fully saturated rings. The lowest BCUT2D eigenvalue weighted by Gasteiger charge is -2.18. The molecule has 2 heterocycles. The number of benzene rings is 1. The molecule has 0 saturated carbocycles. The minimum atomic E-state index is -0.922. The summed E-state index contributed by atoms with van der Waals surface area (Å²) in [6.07, 6.45) is 1.31. The van der Waals surface area contributed by atoms with Gasteiger partial charge in [0.25, 0.3) is 5.56 Å². The van der Waals surface area contributed by atoms with Gasteiger partial charge in [0.1, 0.15) is 16.5 Å². The van der Waals surface area contributed by atoms with Gasteiger partial charge in [-0.3, -0.25) is 4.79 Å². The predicted molar refractivity (Wildman–Crippen MR) is 85.9 cm³/mol. The highest BCUT2D eigenvalue weighted by atomic mass is 35.5. The van der Waals surface area contributed by atoms with Crippen molar-refractivity contribution in [3.8, 4) is 5.69 Å². The molecule has 25 heavy (non-hydrogen) atoms. The number of aromatic nitrogens is 4. The number of hydrogen-bond donors (Lipinski definition) is 0. The van der Waals surface area contributed by atoms with Crippen molar-refractivity contribution in [3.05, 3.63) is 63.1 Å². The largest absolute Gasteiger partial charge is 0.364 e. The van der Waals surface area contributed by atoms with Gasteiger partial charge in [-0.15, -0.1) is 0 Å². The Hall–Kier alpha value is -2.81. The zero-order valence-electron chi connectivity index (χ0n) is 13.2. The van der Waals surface area contributed by atoms with E-state index >= 15 is 0 Å². The molecule has 2 aromatic heterocycles. The van der Waals surface area contributed by atoms with Crippen LogP contribution in [-0.4, -0.2) is 27.0 Å². The van der Waals surface area contributed by atoms with Crippen LogP contribution in [0.3, 0.4) is 0 Å². The van der Waals surface area contributed by atoms with Crippen LogP contribution in [0.4, 0.5) is 14.5 Å². The van der Waals surface area contributed by atoms with Gasteiger partial charge in [-0.2, -0.15) is 14.8 Å². The highest BCUT2D eigenvalue weighted by Crippen LogP contribution is 2.22. The summed E-state index contributed by atoms with van der Waals surface area (Å²) in [4.78, 5) is 18.1. The topological polar surface area (TPSA) is 77.1 Å². The maximum atomic E-state index is 13.9. The fourth-order valence-corrected chi connectivity index (χ4v) is 2.49. The summed E-state index contributed by atoms with van der Waals surface area (Å²) >= 11 is 6.12. The lowest BCUT2D eigenvalue weighted by atomic mass is 10.3. The van der Waals surface area contributed by atoms with Crippen LogP contribution in [0, 0.1) is 18.6 Å². The van der Waals surface area contributed by atoms with E-state index in [1.54, 1.807) is 18.9 Å². The fraction of sp³-hybridized carbons (Fsp3) is 0.200. The SMILES string of the molecule is Cc1nc(CN(C)c2cnn(-c3ccc(F)cc3F)c(=O)c2Cl)no1. The third kappa shape index (κ3) is 3.36. The molecule has 0 spiro atoms. The monoisotopic (exact) mass is 367 g/mol. The summed E-state index contributed by atoms with van der Waals surface area (Å²) in [5.41, 5.74) is -0.620. The molecule has 0 bridgehead atoms. The molecule has 3 aromatic rings. The van der Waals surface area contributed by atoms with Crippen LogP contribution in [0.5, 0.6) is 0 Å². The molecule has 0 aliphatic carbocycles. The normalized spacial score (nSPS) is 10.9. The number of nitrogens with zero attached hydrogens (tertiary/aromatic N) is 5. The number of rotatable bonds is 4. The Morgan fingerprint density at radius 1 is 1.36 bits per heavy atom. The first kappa shape index (κ1) is 17.0. The maximum absolute atomic E-state index is 13.9. The van der Waals surface area contributed by atoms with Crippen molar-refractivity contribution in [3.63, 3.8) is 0 Å². The average Bonchev–Trinajstić information content (AvgIpc) is 2.95. The molecule has 0 amide bonds. The van der Waals surface area contributed by atoms with E-state index in [1.807, 2.05) is 0 Å². The summed E-state index contributed by atoms with van der Waals surface area (Å²) in [5.74, 6) is -0.860. The molecule has 0 saturated heterocycles. The quantitative estimate of drug-likeness (QED) is 0.705. The summed E-state index contributed by atoms with van der Waals surface area (Å²) < 4.78 is 32.5. The number of halogens is 3. The molecule has 3 rings (SSSR count). The van der Waals surface area contributed by atoms with Crippen LogP contribution in [0.25, 0.3) is 5.69 Å². The number of hydrogen-bond acceptors (Lipinski definition) is 6. The predicted octanol–water partition coefficient (Wildman–Crippen LogP) is 2.49. The van der Waals surface area contributed by atoms with E-state index in [2.05, 4.69) is 15.2 Å². The van der Waals surface area contributed by atoms with E-state index in [4.69, 9.17) is 16.1 Å². The van der Waals surface area contributed by atoms with Gasteiger partial charge in [-0.1, -0.05) is 16.8 Å². The van der Waals surface area contributed by atoms with E-state index in [0.29, 0.717) is 23.5 Å². The van der Waals surface area contributed by atoms with Crippen LogP contribution in [-0.2, 0) is 6.54 Å². The molecule has 10 heteroatoms. The van der Waals surface area contributed by atoms with Crippen molar-refractivity contribution in [1.82, 2.24) is 19.9 Å². The summed E-state index contributed by atoms with van der Waals surface area (Å²) in [5, 5.41) is 7.51. The summed E-state index contributed by atoms with van der Waals surface area (Å²) in [6.45, 7) is 1.89. The molecule has 0 unspecified atom stereocenters. The zero-order chi connectivity index (χ0) is 18.1. The molecule has 0 N–H and O–H groups in total. The second-order valence-corrected chi connectivity index (χ2v) is 5.62. The Kier molecular flexibility index (Phi) is 4.49. The molecule has 0 radical (unpaired) electrons. The van der Waals surface area contributed by atoms with Crippen molar-refractivity contribution in [2.75, 3.05) is 11.9 Å². The van der Waals surface area contributed by atoms with Crippen LogP contribution in [0.2, 0.25) is 5.02 Å². The van der Waals surface area contributed by atoms with Crippen molar-refractivity contribution < 1.29 is 13.3 Å². The minimum Gasteiger partial charge on any atom is -0.364 e. The second kappa shape index (κ2) is 6.60. The Labute approximate surface area is 145 Å². The van der Waals surface area contributed by atoms with E-state index in [9.17, 15) is 13.6 Å². The molecular weight excluding hydrogens is 356 g/mol. The number of aryl methyl sites for hydroxylation is 1. The van der Waals surface area contributed by atoms with Crippen LogP contribution < -0.4 is 10.5 Å². The van der Waals surface area contributed by atoms with Crippen molar-refractivity contribution in [2.45, 2.75) is 13.5 Å². The van der Waals surface area contributed by atoms with Gasteiger partial charge in [-0.05, 0) is 12.1 Å². The first-order chi connectivity index (χ1) is 11.9. The van der Waals surface area contributed by atoms with E-state index in [-0.39, 0.29) is 17.3 Å². The van der Waals surface area contributed by atoms with Gasteiger partial charge in [0.15, 0.2) is 11.6 Å². The van der Waals surface area contributed by atoms with Crippen molar-refractivity contribution in [1.29, 1.82) is 0 Å². The minimum absolute atomic E-state index is 0.165. The Morgan fingerprint density at radius 2 is 2.12 bits per heavy atom. The van der Waals surface area contributed by atoms with Crippen molar-refractivity contribution in [2.24, 2.45) is 0 Å². The lowest BCUT2D eigenvalue weighted by molar-refractivity contribution is 0.387. The maximum Gasteiger partial charge on any atom is 0.292 e. The van der Waals surface area contributed by atoms with Crippen LogP contribution in [0.15, 0.2) is 33.7 Å². The fourth-order valence-electron chi connectivity index (χ4n) is 2.22. The van der Waals surface area contributed by atoms with Gasteiger partial charge in [-0.25, -0.2) is 8.78 Å². The Balaban J connectivity index is 1.96. The van der Waals surface area contributed by atoms with Gasteiger partial charge < -0.3 is 9.42 Å². The molecule has 1 aromatic carbocycles. The van der Waals surface area contributed by atoms with Gasteiger partial charge in [0.2, 0.25) is 5.89 Å². The lowest BCUT2D eigenvalue weighted by Crippen LogP contribution is -2.27. The molecule has 0 aliphatic rings. The molecular formula is C15H12ClF2N5O2. The van der Waals surface area contributed by atoms with Gasteiger partial charge in [0.05, 0.1) is 18.4 Å². The van der Waals surface area contributed by atoms with E-state index < -0.39 is 17.2 Å². The standard InChI is InChI=1S/C15H12ClF2N5O2/c1-8-20-13(21-25-8)7-22(2)12-6-19-23(15(24)14(12)16)11-4-3-9(17)5-10(11)18/h3-6H,7H2,1-2H3. The highest BCUT2D eigenvalue weighted by Gasteiger charge is 2.17. The average molecular weight is 368 g/mol. The van der Waals surface area contributed by atoms with Gasteiger partial charge >= 0.3 is 0 Å². The first-order valence-corrected chi connectivity index (χ1v) is 7.48. The van der Waals surface area contributed by atoms with Crippen LogP contribution in [0.1, 0.15) is 11.7 Å². The number of anilines is 1. The smallest absolute Gasteiger partial charge is 0.292 e. The van der Waals surface area contributed by atoms with Gasteiger partial charge in [0, 0.05) is 20.0 Å².